The molecule has 0 spiro atoms. The second kappa shape index (κ2) is 4.87. The van der Waals surface area contributed by atoms with E-state index in [-0.39, 0.29) is 6.10 Å². The van der Waals surface area contributed by atoms with E-state index in [1.807, 2.05) is 32.0 Å². The molecule has 0 bridgehead atoms. The van der Waals surface area contributed by atoms with Crippen LogP contribution in [0.4, 0.5) is 0 Å². The molecule has 0 N–H and O–H groups in total. The molecule has 1 aromatic carbocycles. The average molecular weight is 264 g/mol. The second-order valence-corrected chi connectivity index (χ2v) is 4.03. The molecule has 72 valence electrons. The third-order valence-corrected chi connectivity index (χ3v) is 2.47. The molecular formula is C10H12BrClO. The van der Waals surface area contributed by atoms with Crippen molar-refractivity contribution in [3.63, 3.8) is 0 Å². The van der Waals surface area contributed by atoms with Crippen molar-refractivity contribution in [3.8, 4) is 5.75 Å². The molecule has 0 amide bonds. The molecule has 3 heteroatoms. The molecule has 0 fully saturated rings. The van der Waals surface area contributed by atoms with E-state index in [4.69, 9.17) is 16.3 Å². The molecule has 1 rings (SSSR count). The van der Waals surface area contributed by atoms with Crippen LogP contribution in [0.1, 0.15) is 19.4 Å². The molecule has 0 aliphatic heterocycles. The topological polar surface area (TPSA) is 9.23 Å². The first-order valence-corrected chi connectivity index (χ1v) is 5.64. The van der Waals surface area contributed by atoms with E-state index >= 15 is 0 Å². The van der Waals surface area contributed by atoms with Gasteiger partial charge in [-0.05, 0) is 31.5 Å². The smallest absolute Gasteiger partial charge is 0.138 e. The van der Waals surface area contributed by atoms with Crippen LogP contribution in [0.15, 0.2) is 18.2 Å². The minimum atomic E-state index is 0.156. The summed E-state index contributed by atoms with van der Waals surface area (Å²) in [6, 6.07) is 5.79. The molecule has 0 saturated heterocycles. The number of halogens is 2. The van der Waals surface area contributed by atoms with Gasteiger partial charge in [0, 0.05) is 5.33 Å². The van der Waals surface area contributed by atoms with Crippen LogP contribution in [0.3, 0.4) is 0 Å². The van der Waals surface area contributed by atoms with Crippen LogP contribution in [0, 0.1) is 0 Å². The average Bonchev–Trinajstić information content (AvgIpc) is 2.08. The number of benzene rings is 1. The Hall–Kier alpha value is -0.210. The Balaban J connectivity index is 2.90. The van der Waals surface area contributed by atoms with Crippen LogP contribution in [0.5, 0.6) is 5.75 Å². The molecule has 0 atom stereocenters. The Kier molecular flexibility index (Phi) is 4.07. The Morgan fingerprint density at radius 1 is 1.46 bits per heavy atom. The summed E-state index contributed by atoms with van der Waals surface area (Å²) in [6.07, 6.45) is 0.156. The Morgan fingerprint density at radius 3 is 2.69 bits per heavy atom. The van der Waals surface area contributed by atoms with Crippen LogP contribution in [0.2, 0.25) is 5.02 Å². The number of alkyl halides is 1. The SMILES string of the molecule is CC(C)Oc1cc(CBr)ccc1Cl. The Labute approximate surface area is 92.2 Å². The van der Waals surface area contributed by atoms with Crippen LogP contribution in [-0.2, 0) is 5.33 Å². The van der Waals surface area contributed by atoms with E-state index < -0.39 is 0 Å². The van der Waals surface area contributed by atoms with Crippen molar-refractivity contribution >= 4 is 27.5 Å². The first-order valence-electron chi connectivity index (χ1n) is 4.14. The van der Waals surface area contributed by atoms with Crippen molar-refractivity contribution in [2.75, 3.05) is 0 Å². The molecule has 0 saturated carbocycles. The van der Waals surface area contributed by atoms with E-state index in [1.54, 1.807) is 0 Å². The van der Waals surface area contributed by atoms with E-state index in [9.17, 15) is 0 Å². The van der Waals surface area contributed by atoms with Crippen molar-refractivity contribution in [3.05, 3.63) is 28.8 Å². The first kappa shape index (κ1) is 10.9. The minimum absolute atomic E-state index is 0.156. The van der Waals surface area contributed by atoms with Crippen LogP contribution in [0.25, 0.3) is 0 Å². The summed E-state index contributed by atoms with van der Waals surface area (Å²) < 4.78 is 5.53. The molecule has 13 heavy (non-hydrogen) atoms. The maximum atomic E-state index is 5.96. The Morgan fingerprint density at radius 2 is 2.15 bits per heavy atom. The maximum Gasteiger partial charge on any atom is 0.138 e. The molecule has 0 aromatic heterocycles. The summed E-state index contributed by atoms with van der Waals surface area (Å²) in [5, 5.41) is 1.48. The predicted molar refractivity (Wildman–Crippen MR) is 59.8 cm³/mol. The van der Waals surface area contributed by atoms with E-state index in [0.717, 1.165) is 11.1 Å². The lowest BCUT2D eigenvalue weighted by Crippen LogP contribution is -2.06. The highest BCUT2D eigenvalue weighted by atomic mass is 79.9. The van der Waals surface area contributed by atoms with Gasteiger partial charge in [0.15, 0.2) is 0 Å². The minimum Gasteiger partial charge on any atom is -0.489 e. The van der Waals surface area contributed by atoms with E-state index in [0.29, 0.717) is 5.02 Å². The quantitative estimate of drug-likeness (QED) is 0.748. The van der Waals surface area contributed by atoms with Crippen molar-refractivity contribution in [1.29, 1.82) is 0 Å². The van der Waals surface area contributed by atoms with Gasteiger partial charge in [0.2, 0.25) is 0 Å². The van der Waals surface area contributed by atoms with Gasteiger partial charge in [0.1, 0.15) is 5.75 Å². The summed E-state index contributed by atoms with van der Waals surface area (Å²) in [4.78, 5) is 0. The highest BCUT2D eigenvalue weighted by molar-refractivity contribution is 9.08. The summed E-state index contributed by atoms with van der Waals surface area (Å²) in [5.41, 5.74) is 1.17. The van der Waals surface area contributed by atoms with Gasteiger partial charge < -0.3 is 4.74 Å². The number of rotatable bonds is 3. The zero-order chi connectivity index (χ0) is 9.84. The predicted octanol–water partition coefficient (Wildman–Crippen LogP) is 4.02. The Bertz CT molecular complexity index is 286. The molecule has 1 aromatic rings. The van der Waals surface area contributed by atoms with Gasteiger partial charge in [-0.2, -0.15) is 0 Å². The van der Waals surface area contributed by atoms with Crippen LogP contribution in [-0.4, -0.2) is 6.10 Å². The van der Waals surface area contributed by atoms with Gasteiger partial charge in [-0.3, -0.25) is 0 Å². The molecule has 1 nitrogen and oxygen atoms in total. The van der Waals surface area contributed by atoms with Crippen molar-refractivity contribution in [2.24, 2.45) is 0 Å². The summed E-state index contributed by atoms with van der Waals surface area (Å²) in [5.74, 6) is 0.758. The molecule has 0 aliphatic carbocycles. The highest BCUT2D eigenvalue weighted by Crippen LogP contribution is 2.27. The third kappa shape index (κ3) is 3.20. The van der Waals surface area contributed by atoms with Crippen molar-refractivity contribution < 1.29 is 4.74 Å². The standard InChI is InChI=1S/C10H12BrClO/c1-7(2)13-10-5-8(6-11)3-4-9(10)12/h3-5,7H,6H2,1-2H3. The van der Waals surface area contributed by atoms with Gasteiger partial charge in [-0.1, -0.05) is 33.6 Å². The normalized spacial score (nSPS) is 10.5. The second-order valence-electron chi connectivity index (χ2n) is 3.07. The van der Waals surface area contributed by atoms with Crippen molar-refractivity contribution in [1.82, 2.24) is 0 Å². The largest absolute Gasteiger partial charge is 0.489 e. The number of hydrogen-bond acceptors (Lipinski definition) is 1. The van der Waals surface area contributed by atoms with Crippen LogP contribution < -0.4 is 4.74 Å². The molecular weight excluding hydrogens is 251 g/mol. The van der Waals surface area contributed by atoms with Gasteiger partial charge in [-0.15, -0.1) is 0 Å². The first-order chi connectivity index (χ1) is 6.13. The fourth-order valence-electron chi connectivity index (χ4n) is 0.975. The fourth-order valence-corrected chi connectivity index (χ4v) is 1.49. The van der Waals surface area contributed by atoms with Gasteiger partial charge in [0.05, 0.1) is 11.1 Å². The van der Waals surface area contributed by atoms with E-state index in [2.05, 4.69) is 15.9 Å². The molecule has 0 heterocycles. The van der Waals surface area contributed by atoms with Crippen LogP contribution >= 0.6 is 27.5 Å². The lowest BCUT2D eigenvalue weighted by Gasteiger charge is -2.11. The lowest BCUT2D eigenvalue weighted by atomic mass is 10.2. The van der Waals surface area contributed by atoms with Gasteiger partial charge in [-0.25, -0.2) is 0 Å². The molecule has 0 aliphatic rings. The van der Waals surface area contributed by atoms with Crippen molar-refractivity contribution in [2.45, 2.75) is 25.3 Å². The molecule has 0 unspecified atom stereocenters. The highest BCUT2D eigenvalue weighted by Gasteiger charge is 2.04. The fraction of sp³-hybridized carbons (Fsp3) is 0.400. The number of hydrogen-bond donors (Lipinski definition) is 0. The summed E-state index contributed by atoms with van der Waals surface area (Å²) >= 11 is 9.34. The van der Waals surface area contributed by atoms with E-state index in [1.165, 1.54) is 5.56 Å². The number of ether oxygens (including phenoxy) is 1. The van der Waals surface area contributed by atoms with Gasteiger partial charge >= 0.3 is 0 Å². The lowest BCUT2D eigenvalue weighted by molar-refractivity contribution is 0.242. The summed E-state index contributed by atoms with van der Waals surface area (Å²) in [7, 11) is 0. The maximum absolute atomic E-state index is 5.96. The van der Waals surface area contributed by atoms with Gasteiger partial charge in [0.25, 0.3) is 0 Å². The zero-order valence-corrected chi connectivity index (χ0v) is 10.0. The zero-order valence-electron chi connectivity index (χ0n) is 7.68. The monoisotopic (exact) mass is 262 g/mol. The molecule has 0 radical (unpaired) electrons. The summed E-state index contributed by atoms with van der Waals surface area (Å²) in [6.45, 7) is 3.97. The third-order valence-electron chi connectivity index (χ3n) is 1.51.